The quantitative estimate of drug-likeness (QED) is 0.604. The molecular formula is C15H15ClO2. The summed E-state index contributed by atoms with van der Waals surface area (Å²) in [6.45, 7) is 3.83. The Hall–Kier alpha value is -1.54. The normalized spacial score (nSPS) is 12.4. The van der Waals surface area contributed by atoms with Crippen LogP contribution in [0.15, 0.2) is 36.4 Å². The molecule has 0 radical (unpaired) electrons. The molecule has 0 aliphatic heterocycles. The van der Waals surface area contributed by atoms with Crippen molar-refractivity contribution in [3.05, 3.63) is 41.4 Å². The summed E-state index contributed by atoms with van der Waals surface area (Å²) < 4.78 is 5.33. The van der Waals surface area contributed by atoms with Crippen molar-refractivity contribution in [1.29, 1.82) is 0 Å². The molecule has 3 heteroatoms. The number of hydrogen-bond acceptors (Lipinski definition) is 2. The zero-order chi connectivity index (χ0) is 13.1. The average molecular weight is 263 g/mol. The Morgan fingerprint density at radius 3 is 2.61 bits per heavy atom. The van der Waals surface area contributed by atoms with Crippen LogP contribution >= 0.6 is 11.6 Å². The SMILES string of the molecule is CCC(C)C(=O)Oc1ccc2cc(Cl)ccc2c1. The molecule has 0 spiro atoms. The van der Waals surface area contributed by atoms with Gasteiger partial charge in [-0.2, -0.15) is 0 Å². The van der Waals surface area contributed by atoms with Gasteiger partial charge in [-0.05, 0) is 41.5 Å². The summed E-state index contributed by atoms with van der Waals surface area (Å²) in [7, 11) is 0. The molecule has 0 saturated heterocycles. The van der Waals surface area contributed by atoms with E-state index in [2.05, 4.69) is 0 Å². The zero-order valence-corrected chi connectivity index (χ0v) is 11.2. The van der Waals surface area contributed by atoms with Gasteiger partial charge in [-0.25, -0.2) is 0 Å². The standard InChI is InChI=1S/C15H15ClO2/c1-3-10(2)15(17)18-14-7-5-11-8-13(16)6-4-12(11)9-14/h4-10H,3H2,1-2H3. The van der Waals surface area contributed by atoms with Gasteiger partial charge >= 0.3 is 5.97 Å². The number of fused-ring (bicyclic) bond motifs is 1. The highest BCUT2D eigenvalue weighted by atomic mass is 35.5. The molecule has 2 nitrogen and oxygen atoms in total. The van der Waals surface area contributed by atoms with Crippen LogP contribution in [0, 0.1) is 5.92 Å². The second-order valence-corrected chi connectivity index (χ2v) is 4.82. The van der Waals surface area contributed by atoms with Gasteiger partial charge in [0.1, 0.15) is 5.75 Å². The first-order valence-electron chi connectivity index (χ1n) is 6.01. The van der Waals surface area contributed by atoms with E-state index >= 15 is 0 Å². The largest absolute Gasteiger partial charge is 0.426 e. The highest BCUT2D eigenvalue weighted by Gasteiger charge is 2.13. The smallest absolute Gasteiger partial charge is 0.314 e. The topological polar surface area (TPSA) is 26.3 Å². The number of rotatable bonds is 3. The molecule has 1 atom stereocenters. The molecule has 0 N–H and O–H groups in total. The van der Waals surface area contributed by atoms with E-state index in [0.717, 1.165) is 17.2 Å². The molecule has 18 heavy (non-hydrogen) atoms. The summed E-state index contributed by atoms with van der Waals surface area (Å²) in [5.74, 6) is 0.312. The Bertz CT molecular complexity index is 578. The maximum atomic E-state index is 11.7. The molecule has 0 aromatic heterocycles. The lowest BCUT2D eigenvalue weighted by molar-refractivity contribution is -0.138. The highest BCUT2D eigenvalue weighted by Crippen LogP contribution is 2.24. The van der Waals surface area contributed by atoms with Gasteiger partial charge in [0.15, 0.2) is 0 Å². The van der Waals surface area contributed by atoms with Crippen molar-refractivity contribution in [2.45, 2.75) is 20.3 Å². The van der Waals surface area contributed by atoms with E-state index in [1.54, 1.807) is 6.07 Å². The van der Waals surface area contributed by atoms with Crippen LogP contribution in [0.1, 0.15) is 20.3 Å². The predicted octanol–water partition coefficient (Wildman–Crippen LogP) is 4.44. The van der Waals surface area contributed by atoms with Gasteiger partial charge in [0.2, 0.25) is 0 Å². The Balaban J connectivity index is 2.25. The van der Waals surface area contributed by atoms with Gasteiger partial charge in [-0.15, -0.1) is 0 Å². The van der Waals surface area contributed by atoms with Gasteiger partial charge in [0, 0.05) is 5.02 Å². The van der Waals surface area contributed by atoms with Gasteiger partial charge < -0.3 is 4.74 Å². The maximum absolute atomic E-state index is 11.7. The molecule has 2 aromatic carbocycles. The van der Waals surface area contributed by atoms with Crippen LogP contribution in [0.5, 0.6) is 5.75 Å². The van der Waals surface area contributed by atoms with E-state index in [1.165, 1.54) is 0 Å². The molecule has 2 rings (SSSR count). The third-order valence-electron chi connectivity index (χ3n) is 3.01. The van der Waals surface area contributed by atoms with Crippen LogP contribution in [-0.4, -0.2) is 5.97 Å². The summed E-state index contributed by atoms with van der Waals surface area (Å²) in [6.07, 6.45) is 0.780. The molecule has 0 saturated carbocycles. The first-order chi connectivity index (χ1) is 8.60. The van der Waals surface area contributed by atoms with Gasteiger partial charge in [0.25, 0.3) is 0 Å². The Morgan fingerprint density at radius 2 is 1.89 bits per heavy atom. The minimum absolute atomic E-state index is 0.0779. The molecule has 2 aromatic rings. The molecule has 1 unspecified atom stereocenters. The molecule has 0 bridgehead atoms. The van der Waals surface area contributed by atoms with Crippen LogP contribution in [0.3, 0.4) is 0 Å². The fraction of sp³-hybridized carbons (Fsp3) is 0.267. The Morgan fingerprint density at radius 1 is 1.22 bits per heavy atom. The lowest BCUT2D eigenvalue weighted by atomic mass is 10.1. The van der Waals surface area contributed by atoms with Gasteiger partial charge in [-0.3, -0.25) is 4.79 Å². The number of hydrogen-bond donors (Lipinski definition) is 0. The highest BCUT2D eigenvalue weighted by molar-refractivity contribution is 6.31. The van der Waals surface area contributed by atoms with E-state index in [1.807, 2.05) is 44.2 Å². The lowest BCUT2D eigenvalue weighted by Gasteiger charge is -2.09. The number of carbonyl (C=O) groups is 1. The predicted molar refractivity (Wildman–Crippen MR) is 74.0 cm³/mol. The van der Waals surface area contributed by atoms with E-state index in [4.69, 9.17) is 16.3 Å². The van der Waals surface area contributed by atoms with Crippen molar-refractivity contribution in [2.75, 3.05) is 0 Å². The second-order valence-electron chi connectivity index (χ2n) is 4.38. The fourth-order valence-corrected chi connectivity index (χ4v) is 1.82. The third kappa shape index (κ3) is 2.82. The minimum Gasteiger partial charge on any atom is -0.426 e. The van der Waals surface area contributed by atoms with E-state index in [-0.39, 0.29) is 11.9 Å². The summed E-state index contributed by atoms with van der Waals surface area (Å²) in [4.78, 5) is 11.7. The molecule has 0 heterocycles. The van der Waals surface area contributed by atoms with Crippen molar-refractivity contribution in [1.82, 2.24) is 0 Å². The minimum atomic E-state index is -0.189. The average Bonchev–Trinajstić information content (AvgIpc) is 2.38. The number of benzene rings is 2. The fourth-order valence-electron chi connectivity index (χ4n) is 1.64. The van der Waals surface area contributed by atoms with Crippen molar-refractivity contribution < 1.29 is 9.53 Å². The van der Waals surface area contributed by atoms with Crippen LogP contribution in [0.2, 0.25) is 5.02 Å². The summed E-state index contributed by atoms with van der Waals surface area (Å²) in [5, 5.41) is 2.74. The first kappa shape index (κ1) is 12.9. The van der Waals surface area contributed by atoms with Crippen LogP contribution in [0.25, 0.3) is 10.8 Å². The lowest BCUT2D eigenvalue weighted by Crippen LogP contribution is -2.16. The van der Waals surface area contributed by atoms with Crippen LogP contribution < -0.4 is 4.74 Å². The Labute approximate surface area is 112 Å². The molecule has 94 valence electrons. The van der Waals surface area contributed by atoms with Gasteiger partial charge in [-0.1, -0.05) is 37.6 Å². The van der Waals surface area contributed by atoms with Crippen molar-refractivity contribution in [2.24, 2.45) is 5.92 Å². The molecule has 0 aliphatic rings. The molecule has 0 fully saturated rings. The summed E-state index contributed by atoms with van der Waals surface area (Å²) >= 11 is 5.92. The molecule has 0 amide bonds. The van der Waals surface area contributed by atoms with E-state index < -0.39 is 0 Å². The second kappa shape index (κ2) is 5.40. The number of ether oxygens (including phenoxy) is 1. The number of carbonyl (C=O) groups excluding carboxylic acids is 1. The van der Waals surface area contributed by atoms with Crippen LogP contribution in [-0.2, 0) is 4.79 Å². The Kier molecular flexibility index (Phi) is 3.87. The third-order valence-corrected chi connectivity index (χ3v) is 3.24. The maximum Gasteiger partial charge on any atom is 0.314 e. The molecule has 0 aliphatic carbocycles. The van der Waals surface area contributed by atoms with E-state index in [9.17, 15) is 4.79 Å². The zero-order valence-electron chi connectivity index (χ0n) is 10.4. The van der Waals surface area contributed by atoms with Crippen molar-refractivity contribution in [3.8, 4) is 5.75 Å². The summed E-state index contributed by atoms with van der Waals surface area (Å²) in [6, 6.07) is 11.2. The number of halogens is 1. The van der Waals surface area contributed by atoms with Gasteiger partial charge in [0.05, 0.1) is 5.92 Å². The molecular weight excluding hydrogens is 248 g/mol. The monoisotopic (exact) mass is 262 g/mol. The van der Waals surface area contributed by atoms with Crippen molar-refractivity contribution >= 4 is 28.3 Å². The van der Waals surface area contributed by atoms with E-state index in [0.29, 0.717) is 10.8 Å². The van der Waals surface area contributed by atoms with Crippen LogP contribution in [0.4, 0.5) is 0 Å². The number of esters is 1. The summed E-state index contributed by atoms with van der Waals surface area (Å²) in [5.41, 5.74) is 0. The first-order valence-corrected chi connectivity index (χ1v) is 6.39. The van der Waals surface area contributed by atoms with Crippen molar-refractivity contribution in [3.63, 3.8) is 0 Å².